The maximum Gasteiger partial charge on any atom is 0.323 e. The van der Waals surface area contributed by atoms with Crippen LogP contribution >= 0.6 is 0 Å². The second kappa shape index (κ2) is 8.19. The summed E-state index contributed by atoms with van der Waals surface area (Å²) in [6.07, 6.45) is 0. The van der Waals surface area contributed by atoms with Crippen LogP contribution in [-0.4, -0.2) is 19.0 Å². The molecule has 0 bridgehead atoms. The van der Waals surface area contributed by atoms with Crippen LogP contribution in [0.2, 0.25) is 0 Å². The molecule has 6 nitrogen and oxygen atoms in total. The van der Waals surface area contributed by atoms with Gasteiger partial charge in [-0.1, -0.05) is 32.0 Å². The minimum atomic E-state index is -0.404. The van der Waals surface area contributed by atoms with E-state index in [2.05, 4.69) is 16.0 Å². The maximum absolute atomic E-state index is 12.3. The van der Waals surface area contributed by atoms with E-state index >= 15 is 0 Å². The summed E-state index contributed by atoms with van der Waals surface area (Å²) in [7, 11) is 1.57. The van der Waals surface area contributed by atoms with E-state index in [1.165, 1.54) is 0 Å². The molecule has 0 radical (unpaired) electrons. The maximum atomic E-state index is 12.3. The molecule has 0 heterocycles. The predicted molar refractivity (Wildman–Crippen MR) is 100 cm³/mol. The second-order valence-corrected chi connectivity index (χ2v) is 5.95. The molecule has 3 amide bonds. The van der Waals surface area contributed by atoms with Gasteiger partial charge in [0.15, 0.2) is 0 Å². The van der Waals surface area contributed by atoms with Crippen LogP contribution in [0.5, 0.6) is 5.75 Å². The van der Waals surface area contributed by atoms with Crippen molar-refractivity contribution in [3.05, 3.63) is 48.0 Å². The van der Waals surface area contributed by atoms with Crippen LogP contribution in [0.3, 0.4) is 0 Å². The third-order valence-corrected chi connectivity index (χ3v) is 3.62. The number of methoxy groups -OCH3 is 1. The number of urea groups is 1. The number of rotatable bonds is 5. The van der Waals surface area contributed by atoms with E-state index in [0.717, 1.165) is 5.56 Å². The molecule has 0 atom stereocenters. The summed E-state index contributed by atoms with van der Waals surface area (Å²) in [5.41, 5.74) is 2.61. The van der Waals surface area contributed by atoms with Crippen LogP contribution < -0.4 is 20.7 Å². The predicted octanol–water partition coefficient (Wildman–Crippen LogP) is 4.24. The van der Waals surface area contributed by atoms with Crippen LogP contribution in [-0.2, 0) is 4.79 Å². The van der Waals surface area contributed by atoms with Gasteiger partial charge in [-0.25, -0.2) is 4.79 Å². The lowest BCUT2D eigenvalue weighted by Gasteiger charge is -2.16. The highest BCUT2D eigenvalue weighted by Gasteiger charge is 2.14. The smallest absolute Gasteiger partial charge is 0.323 e. The first-order chi connectivity index (χ1) is 11.9. The number of hydrogen-bond donors (Lipinski definition) is 3. The molecule has 0 saturated carbocycles. The van der Waals surface area contributed by atoms with Crippen molar-refractivity contribution in [3.63, 3.8) is 0 Å². The third kappa shape index (κ3) is 4.97. The van der Waals surface area contributed by atoms with Crippen molar-refractivity contribution in [2.75, 3.05) is 23.1 Å². The molecular weight excluding hydrogens is 318 g/mol. The molecule has 0 aliphatic carbocycles. The highest BCUT2D eigenvalue weighted by atomic mass is 16.5. The zero-order valence-corrected chi connectivity index (χ0v) is 14.8. The van der Waals surface area contributed by atoms with Crippen molar-refractivity contribution in [2.24, 2.45) is 5.92 Å². The second-order valence-electron chi connectivity index (χ2n) is 5.95. The minimum absolute atomic E-state index is 0.106. The number of carbonyl (C=O) groups excluding carboxylic acids is 2. The molecule has 6 heteroatoms. The van der Waals surface area contributed by atoms with E-state index in [4.69, 9.17) is 4.74 Å². The van der Waals surface area contributed by atoms with Gasteiger partial charge in [0.2, 0.25) is 5.91 Å². The average Bonchev–Trinajstić information content (AvgIpc) is 2.57. The largest absolute Gasteiger partial charge is 0.497 e. The van der Waals surface area contributed by atoms with Gasteiger partial charge in [0, 0.05) is 17.7 Å². The van der Waals surface area contributed by atoms with E-state index in [-0.39, 0.29) is 11.8 Å². The number of para-hydroxylation sites is 1. The van der Waals surface area contributed by atoms with Crippen molar-refractivity contribution < 1.29 is 14.3 Å². The normalized spacial score (nSPS) is 10.3. The van der Waals surface area contributed by atoms with Gasteiger partial charge in [0.25, 0.3) is 0 Å². The van der Waals surface area contributed by atoms with Gasteiger partial charge < -0.3 is 20.7 Å². The van der Waals surface area contributed by atoms with Gasteiger partial charge in [0.05, 0.1) is 18.5 Å². The lowest BCUT2D eigenvalue weighted by molar-refractivity contribution is -0.118. The molecule has 0 fully saturated rings. The molecule has 0 aromatic heterocycles. The van der Waals surface area contributed by atoms with E-state index in [9.17, 15) is 9.59 Å². The molecule has 0 aliphatic rings. The third-order valence-electron chi connectivity index (χ3n) is 3.62. The van der Waals surface area contributed by atoms with Gasteiger partial charge in [-0.2, -0.15) is 0 Å². The van der Waals surface area contributed by atoms with Gasteiger partial charge >= 0.3 is 6.03 Å². The van der Waals surface area contributed by atoms with Crippen LogP contribution in [0.25, 0.3) is 0 Å². The quantitative estimate of drug-likeness (QED) is 0.761. The minimum Gasteiger partial charge on any atom is -0.497 e. The van der Waals surface area contributed by atoms with Gasteiger partial charge in [-0.05, 0) is 30.7 Å². The molecule has 2 rings (SSSR count). The van der Waals surface area contributed by atoms with Crippen LogP contribution in [0.1, 0.15) is 19.4 Å². The molecule has 0 aliphatic heterocycles. The molecule has 0 spiro atoms. The van der Waals surface area contributed by atoms with E-state index in [1.54, 1.807) is 37.4 Å². The van der Waals surface area contributed by atoms with Crippen molar-refractivity contribution in [1.82, 2.24) is 0 Å². The molecule has 132 valence electrons. The highest BCUT2D eigenvalue weighted by molar-refractivity contribution is 6.04. The molecule has 2 aromatic carbocycles. The fraction of sp³-hybridized carbons (Fsp3) is 0.263. The topological polar surface area (TPSA) is 79.5 Å². The number of benzene rings is 2. The molecule has 3 N–H and O–H groups in total. The van der Waals surface area contributed by atoms with Gasteiger partial charge in [-0.3, -0.25) is 4.79 Å². The lowest BCUT2D eigenvalue weighted by Crippen LogP contribution is -2.23. The monoisotopic (exact) mass is 341 g/mol. The Morgan fingerprint density at radius 1 is 1.00 bits per heavy atom. The lowest BCUT2D eigenvalue weighted by atomic mass is 10.1. The Kier molecular flexibility index (Phi) is 6.00. The zero-order valence-electron chi connectivity index (χ0n) is 14.8. The SMILES string of the molecule is COc1cccc(NC(=O)Nc2cccc(C)c2NC(=O)C(C)C)c1. The fourth-order valence-electron chi connectivity index (χ4n) is 2.19. The zero-order chi connectivity index (χ0) is 18.4. The Hall–Kier alpha value is -3.02. The number of amides is 3. The Morgan fingerprint density at radius 3 is 2.40 bits per heavy atom. The fourth-order valence-corrected chi connectivity index (χ4v) is 2.19. The Labute approximate surface area is 147 Å². The summed E-state index contributed by atoms with van der Waals surface area (Å²) in [4.78, 5) is 24.3. The van der Waals surface area contributed by atoms with Gasteiger partial charge in [-0.15, -0.1) is 0 Å². The summed E-state index contributed by atoms with van der Waals surface area (Å²) >= 11 is 0. The number of aryl methyl sites for hydroxylation is 1. The molecule has 0 saturated heterocycles. The number of carbonyl (C=O) groups is 2. The van der Waals surface area contributed by atoms with E-state index in [1.807, 2.05) is 32.9 Å². The molecule has 0 unspecified atom stereocenters. The van der Waals surface area contributed by atoms with Crippen LogP contribution in [0.15, 0.2) is 42.5 Å². The summed E-state index contributed by atoms with van der Waals surface area (Å²) in [6.45, 7) is 5.51. The molecule has 2 aromatic rings. The van der Waals surface area contributed by atoms with E-state index < -0.39 is 6.03 Å². The number of nitrogens with one attached hydrogen (secondary N) is 3. The van der Waals surface area contributed by atoms with Crippen LogP contribution in [0.4, 0.5) is 21.9 Å². The Balaban J connectivity index is 2.14. The van der Waals surface area contributed by atoms with Crippen LogP contribution in [0, 0.1) is 12.8 Å². The first-order valence-electron chi connectivity index (χ1n) is 8.03. The Bertz CT molecular complexity index is 772. The summed E-state index contributed by atoms with van der Waals surface area (Å²) in [6, 6.07) is 12.1. The van der Waals surface area contributed by atoms with Crippen molar-refractivity contribution in [3.8, 4) is 5.75 Å². The van der Waals surface area contributed by atoms with E-state index in [0.29, 0.717) is 22.8 Å². The number of ether oxygens (including phenoxy) is 1. The summed E-state index contributed by atoms with van der Waals surface area (Å²) in [5.74, 6) is 0.391. The first-order valence-corrected chi connectivity index (χ1v) is 8.03. The van der Waals surface area contributed by atoms with Crippen molar-refractivity contribution in [2.45, 2.75) is 20.8 Å². The summed E-state index contributed by atoms with van der Waals surface area (Å²) < 4.78 is 5.14. The number of hydrogen-bond acceptors (Lipinski definition) is 3. The Morgan fingerprint density at radius 2 is 1.72 bits per heavy atom. The highest BCUT2D eigenvalue weighted by Crippen LogP contribution is 2.26. The molecule has 25 heavy (non-hydrogen) atoms. The number of anilines is 3. The van der Waals surface area contributed by atoms with Crippen molar-refractivity contribution >= 4 is 29.0 Å². The van der Waals surface area contributed by atoms with Gasteiger partial charge in [0.1, 0.15) is 5.75 Å². The standard InChI is InChI=1S/C19H23N3O3/c1-12(2)18(23)22-17-13(3)7-5-10-16(17)21-19(24)20-14-8-6-9-15(11-14)25-4/h5-12H,1-4H3,(H,22,23)(H2,20,21,24). The van der Waals surface area contributed by atoms with Crippen molar-refractivity contribution in [1.29, 1.82) is 0 Å². The first kappa shape index (κ1) is 18.3. The summed E-state index contributed by atoms with van der Waals surface area (Å²) in [5, 5.41) is 8.39. The molecular formula is C19H23N3O3. The average molecular weight is 341 g/mol.